The summed E-state index contributed by atoms with van der Waals surface area (Å²) < 4.78 is 5.30. The number of ether oxygens (including phenoxy) is 1. The maximum atomic E-state index is 12.7. The Kier molecular flexibility index (Phi) is 5.71. The lowest BCUT2D eigenvalue weighted by Crippen LogP contribution is -2.35. The van der Waals surface area contributed by atoms with Crippen LogP contribution in [-0.4, -0.2) is 49.0 Å². The Hall–Kier alpha value is -2.33. The van der Waals surface area contributed by atoms with E-state index in [-0.39, 0.29) is 5.91 Å². The van der Waals surface area contributed by atoms with Crippen molar-refractivity contribution in [1.29, 1.82) is 0 Å². The lowest BCUT2D eigenvalue weighted by atomic mass is 10.1. The summed E-state index contributed by atoms with van der Waals surface area (Å²) >= 11 is 0. The van der Waals surface area contributed by atoms with Gasteiger partial charge >= 0.3 is 0 Å². The molecule has 1 amide bonds. The Bertz CT molecular complexity index is 729. The van der Waals surface area contributed by atoms with Crippen molar-refractivity contribution < 1.29 is 9.53 Å². The number of rotatable bonds is 4. The zero-order chi connectivity index (χ0) is 17.6. The lowest BCUT2D eigenvalue weighted by molar-refractivity contribution is 0.0761. The molecule has 0 bridgehead atoms. The van der Waals surface area contributed by atoms with Gasteiger partial charge in [0.2, 0.25) is 0 Å². The average Bonchev–Trinajstić information content (AvgIpc) is 2.87. The van der Waals surface area contributed by atoms with Crippen LogP contribution in [0.1, 0.15) is 27.9 Å². The van der Waals surface area contributed by atoms with Gasteiger partial charge in [-0.2, -0.15) is 0 Å². The first-order valence-corrected chi connectivity index (χ1v) is 8.87. The molecule has 0 saturated carbocycles. The summed E-state index contributed by atoms with van der Waals surface area (Å²) in [7, 11) is 1.69. The van der Waals surface area contributed by atoms with Gasteiger partial charge in [0.25, 0.3) is 5.91 Å². The van der Waals surface area contributed by atoms with Crippen LogP contribution in [-0.2, 0) is 6.54 Å². The predicted octanol–water partition coefficient (Wildman–Crippen LogP) is 3.35. The van der Waals surface area contributed by atoms with Crippen LogP contribution in [0.2, 0.25) is 0 Å². The summed E-state index contributed by atoms with van der Waals surface area (Å²) in [5.41, 5.74) is 3.17. The largest absolute Gasteiger partial charge is 0.497 e. The first-order valence-electron chi connectivity index (χ1n) is 8.87. The third kappa shape index (κ3) is 4.60. The summed E-state index contributed by atoms with van der Waals surface area (Å²) in [6.45, 7) is 6.42. The third-order valence-electron chi connectivity index (χ3n) is 4.68. The molecule has 3 rings (SSSR count). The van der Waals surface area contributed by atoms with Gasteiger partial charge in [0.15, 0.2) is 0 Å². The fourth-order valence-electron chi connectivity index (χ4n) is 3.32. The molecule has 2 aromatic rings. The number of amides is 1. The van der Waals surface area contributed by atoms with Gasteiger partial charge in [-0.25, -0.2) is 0 Å². The second-order valence-corrected chi connectivity index (χ2v) is 6.64. The van der Waals surface area contributed by atoms with E-state index >= 15 is 0 Å². The van der Waals surface area contributed by atoms with Crippen molar-refractivity contribution in [1.82, 2.24) is 9.80 Å². The van der Waals surface area contributed by atoms with E-state index in [4.69, 9.17) is 4.74 Å². The Balaban J connectivity index is 1.61. The van der Waals surface area contributed by atoms with Gasteiger partial charge in [-0.3, -0.25) is 9.69 Å². The van der Waals surface area contributed by atoms with Crippen molar-refractivity contribution in [2.24, 2.45) is 0 Å². The van der Waals surface area contributed by atoms with E-state index in [2.05, 4.69) is 17.0 Å². The van der Waals surface area contributed by atoms with Crippen LogP contribution in [0, 0.1) is 6.92 Å². The number of hydrogen-bond donors (Lipinski definition) is 0. The molecule has 0 aliphatic carbocycles. The molecular weight excluding hydrogens is 312 g/mol. The maximum Gasteiger partial charge on any atom is 0.253 e. The van der Waals surface area contributed by atoms with E-state index in [0.29, 0.717) is 0 Å². The van der Waals surface area contributed by atoms with Crippen molar-refractivity contribution in [3.63, 3.8) is 0 Å². The zero-order valence-electron chi connectivity index (χ0n) is 15.1. The first kappa shape index (κ1) is 17.5. The SMILES string of the molecule is COc1cccc(CN2CCCN(C(=O)c3cccc(C)c3)CC2)c1. The maximum absolute atomic E-state index is 12.7. The second kappa shape index (κ2) is 8.17. The van der Waals surface area contributed by atoms with Crippen molar-refractivity contribution in [3.8, 4) is 5.75 Å². The highest BCUT2D eigenvalue weighted by atomic mass is 16.5. The van der Waals surface area contributed by atoms with E-state index in [1.807, 2.05) is 48.2 Å². The normalized spacial score (nSPS) is 15.7. The average molecular weight is 338 g/mol. The molecule has 25 heavy (non-hydrogen) atoms. The van der Waals surface area contributed by atoms with Crippen LogP contribution in [0.3, 0.4) is 0 Å². The van der Waals surface area contributed by atoms with Gasteiger partial charge in [-0.05, 0) is 43.2 Å². The van der Waals surface area contributed by atoms with Crippen LogP contribution in [0.25, 0.3) is 0 Å². The fourth-order valence-corrected chi connectivity index (χ4v) is 3.32. The minimum absolute atomic E-state index is 0.145. The van der Waals surface area contributed by atoms with Crippen LogP contribution in [0.4, 0.5) is 0 Å². The third-order valence-corrected chi connectivity index (χ3v) is 4.68. The fraction of sp³-hybridized carbons (Fsp3) is 0.381. The molecule has 1 aliphatic rings. The van der Waals surface area contributed by atoms with Crippen molar-refractivity contribution in [3.05, 3.63) is 65.2 Å². The highest BCUT2D eigenvalue weighted by Crippen LogP contribution is 2.16. The Labute approximate surface area is 150 Å². The molecular formula is C21H26N2O2. The summed E-state index contributed by atoms with van der Waals surface area (Å²) in [5, 5.41) is 0. The Morgan fingerprint density at radius 3 is 2.68 bits per heavy atom. The number of methoxy groups -OCH3 is 1. The number of aryl methyl sites for hydroxylation is 1. The van der Waals surface area contributed by atoms with Gasteiger partial charge < -0.3 is 9.64 Å². The zero-order valence-corrected chi connectivity index (χ0v) is 15.1. The van der Waals surface area contributed by atoms with Gasteiger partial charge in [-0.15, -0.1) is 0 Å². The standard InChI is InChI=1S/C21H26N2O2/c1-17-6-3-8-19(14-17)21(24)23-11-5-10-22(12-13-23)16-18-7-4-9-20(15-18)25-2/h3-4,6-9,14-15H,5,10-13,16H2,1-2H3. The van der Waals surface area contributed by atoms with E-state index in [1.165, 1.54) is 5.56 Å². The molecule has 1 heterocycles. The van der Waals surface area contributed by atoms with Gasteiger partial charge in [-0.1, -0.05) is 29.8 Å². The number of nitrogens with zero attached hydrogens (tertiary/aromatic N) is 2. The minimum atomic E-state index is 0.145. The van der Waals surface area contributed by atoms with Gasteiger partial charge in [0, 0.05) is 38.3 Å². The first-order chi connectivity index (χ1) is 12.2. The smallest absolute Gasteiger partial charge is 0.253 e. The molecule has 2 aromatic carbocycles. The lowest BCUT2D eigenvalue weighted by Gasteiger charge is -2.22. The molecule has 0 radical (unpaired) electrons. The van der Waals surface area contributed by atoms with E-state index in [9.17, 15) is 4.79 Å². The summed E-state index contributed by atoms with van der Waals surface area (Å²) in [6.07, 6.45) is 1.00. The summed E-state index contributed by atoms with van der Waals surface area (Å²) in [4.78, 5) is 17.1. The monoisotopic (exact) mass is 338 g/mol. The molecule has 0 spiro atoms. The number of carbonyl (C=O) groups excluding carboxylic acids is 1. The van der Waals surface area contributed by atoms with Crippen LogP contribution >= 0.6 is 0 Å². The van der Waals surface area contributed by atoms with Gasteiger partial charge in [0.1, 0.15) is 5.75 Å². The molecule has 4 heteroatoms. The minimum Gasteiger partial charge on any atom is -0.497 e. The van der Waals surface area contributed by atoms with Crippen molar-refractivity contribution in [2.45, 2.75) is 19.9 Å². The van der Waals surface area contributed by atoms with E-state index in [0.717, 1.165) is 56.0 Å². The van der Waals surface area contributed by atoms with Crippen LogP contribution in [0.15, 0.2) is 48.5 Å². The van der Waals surface area contributed by atoms with Gasteiger partial charge in [0.05, 0.1) is 7.11 Å². The Morgan fingerprint density at radius 1 is 1.04 bits per heavy atom. The number of carbonyl (C=O) groups is 1. The molecule has 1 fully saturated rings. The molecule has 0 unspecified atom stereocenters. The molecule has 0 aromatic heterocycles. The summed E-state index contributed by atoms with van der Waals surface area (Å²) in [6, 6.07) is 16.1. The topological polar surface area (TPSA) is 32.8 Å². The van der Waals surface area contributed by atoms with Crippen molar-refractivity contribution in [2.75, 3.05) is 33.3 Å². The molecule has 1 aliphatic heterocycles. The molecule has 132 valence electrons. The highest BCUT2D eigenvalue weighted by molar-refractivity contribution is 5.94. The molecule has 4 nitrogen and oxygen atoms in total. The quantitative estimate of drug-likeness (QED) is 0.857. The van der Waals surface area contributed by atoms with Crippen molar-refractivity contribution >= 4 is 5.91 Å². The molecule has 1 saturated heterocycles. The highest BCUT2D eigenvalue weighted by Gasteiger charge is 2.20. The number of hydrogen-bond acceptors (Lipinski definition) is 3. The molecule has 0 atom stereocenters. The summed E-state index contributed by atoms with van der Waals surface area (Å²) in [5.74, 6) is 1.04. The van der Waals surface area contributed by atoms with Crippen LogP contribution in [0.5, 0.6) is 5.75 Å². The van der Waals surface area contributed by atoms with E-state index in [1.54, 1.807) is 7.11 Å². The number of benzene rings is 2. The predicted molar refractivity (Wildman–Crippen MR) is 100.0 cm³/mol. The molecule has 0 N–H and O–H groups in total. The van der Waals surface area contributed by atoms with E-state index < -0.39 is 0 Å². The van der Waals surface area contributed by atoms with Crippen LogP contribution < -0.4 is 4.74 Å². The second-order valence-electron chi connectivity index (χ2n) is 6.64. The Morgan fingerprint density at radius 2 is 1.88 bits per heavy atom.